The van der Waals surface area contributed by atoms with Crippen LogP contribution in [0.25, 0.3) is 10.9 Å². The van der Waals surface area contributed by atoms with Crippen molar-refractivity contribution in [2.75, 3.05) is 6.61 Å². The Hall–Kier alpha value is -2.26. The number of hydrogen-bond acceptors (Lipinski definition) is 2. The Morgan fingerprint density at radius 3 is 2.60 bits per heavy atom. The number of fused-ring (bicyclic) bond motifs is 1. The Kier molecular flexibility index (Phi) is 3.44. The van der Waals surface area contributed by atoms with E-state index in [-0.39, 0.29) is 12.4 Å². The molecule has 0 radical (unpaired) electrons. The van der Waals surface area contributed by atoms with Gasteiger partial charge in [-0.15, -0.1) is 0 Å². The topological polar surface area (TPSA) is 31.2 Å². The predicted molar refractivity (Wildman–Crippen MR) is 79.2 cm³/mol. The zero-order valence-electron chi connectivity index (χ0n) is 10.6. The zero-order chi connectivity index (χ0) is 13.9. The summed E-state index contributed by atoms with van der Waals surface area (Å²) in [5.41, 5.74) is 1.53. The van der Waals surface area contributed by atoms with Crippen LogP contribution in [0.15, 0.2) is 60.8 Å². The lowest BCUT2D eigenvalue weighted by Gasteiger charge is -2.07. The van der Waals surface area contributed by atoms with Gasteiger partial charge in [0.1, 0.15) is 0 Å². The maximum absolute atomic E-state index is 12.0. The summed E-state index contributed by atoms with van der Waals surface area (Å²) in [7, 11) is 0. The van der Waals surface area contributed by atoms with Gasteiger partial charge in [-0.3, -0.25) is 4.79 Å². The summed E-state index contributed by atoms with van der Waals surface area (Å²) in [6, 6.07) is 16.6. The first-order valence-electron chi connectivity index (χ1n) is 6.22. The lowest BCUT2D eigenvalue weighted by atomic mass is 10.1. The third-order valence-electron chi connectivity index (χ3n) is 3.06. The van der Waals surface area contributed by atoms with E-state index in [4.69, 9.17) is 16.4 Å². The summed E-state index contributed by atoms with van der Waals surface area (Å²) < 4.78 is 1.61. The van der Waals surface area contributed by atoms with Gasteiger partial charge in [0.15, 0.2) is 6.61 Å². The molecule has 0 saturated carbocycles. The SMILES string of the molecule is O=C(COn1ccc2ccccc21)c1ccc(Cl)cc1. The molecule has 0 spiro atoms. The van der Waals surface area contributed by atoms with E-state index < -0.39 is 0 Å². The minimum absolute atomic E-state index is 0.0136. The van der Waals surface area contributed by atoms with Crippen molar-refractivity contribution in [2.45, 2.75) is 0 Å². The van der Waals surface area contributed by atoms with Gasteiger partial charge in [0, 0.05) is 22.2 Å². The van der Waals surface area contributed by atoms with E-state index in [0.717, 1.165) is 10.9 Å². The molecule has 2 aromatic carbocycles. The summed E-state index contributed by atoms with van der Waals surface area (Å²) in [6.07, 6.45) is 1.81. The molecule has 3 rings (SSSR count). The fourth-order valence-corrected chi connectivity index (χ4v) is 2.14. The molecule has 4 heteroatoms. The predicted octanol–water partition coefficient (Wildman–Crippen LogP) is 3.61. The Morgan fingerprint density at radius 2 is 1.80 bits per heavy atom. The second-order valence-electron chi connectivity index (χ2n) is 4.40. The number of halogens is 1. The van der Waals surface area contributed by atoms with Crippen molar-refractivity contribution < 1.29 is 9.63 Å². The molecule has 20 heavy (non-hydrogen) atoms. The number of rotatable bonds is 4. The summed E-state index contributed by atoms with van der Waals surface area (Å²) in [4.78, 5) is 17.5. The van der Waals surface area contributed by atoms with Crippen LogP contribution in [0.2, 0.25) is 5.02 Å². The van der Waals surface area contributed by atoms with E-state index in [2.05, 4.69) is 0 Å². The van der Waals surface area contributed by atoms with Gasteiger partial charge in [0.05, 0.1) is 5.52 Å². The van der Waals surface area contributed by atoms with E-state index in [1.807, 2.05) is 30.3 Å². The molecular weight excluding hydrogens is 274 g/mol. The third kappa shape index (κ3) is 2.53. The second-order valence-corrected chi connectivity index (χ2v) is 4.84. The first-order valence-corrected chi connectivity index (χ1v) is 6.60. The number of aromatic nitrogens is 1. The molecule has 3 nitrogen and oxygen atoms in total. The van der Waals surface area contributed by atoms with Crippen LogP contribution in [-0.2, 0) is 0 Å². The van der Waals surface area contributed by atoms with Crippen LogP contribution >= 0.6 is 11.6 Å². The van der Waals surface area contributed by atoms with Crippen LogP contribution < -0.4 is 4.84 Å². The zero-order valence-corrected chi connectivity index (χ0v) is 11.4. The van der Waals surface area contributed by atoms with E-state index in [9.17, 15) is 4.79 Å². The first-order chi connectivity index (χ1) is 9.74. The van der Waals surface area contributed by atoms with E-state index in [0.29, 0.717) is 10.6 Å². The summed E-state index contributed by atoms with van der Waals surface area (Å²) in [5, 5.41) is 1.69. The third-order valence-corrected chi connectivity index (χ3v) is 3.32. The van der Waals surface area contributed by atoms with Crippen LogP contribution in [0.1, 0.15) is 10.4 Å². The van der Waals surface area contributed by atoms with Gasteiger partial charge in [-0.2, -0.15) is 4.73 Å². The number of Topliss-reactive ketones (excluding diaryl/α,β-unsaturated/α-hetero) is 1. The van der Waals surface area contributed by atoms with Crippen LogP contribution in [0.3, 0.4) is 0 Å². The molecule has 1 aromatic heterocycles. The van der Waals surface area contributed by atoms with Gasteiger partial charge in [0.25, 0.3) is 0 Å². The number of para-hydroxylation sites is 1. The van der Waals surface area contributed by atoms with Crippen molar-refractivity contribution in [3.05, 3.63) is 71.4 Å². The molecule has 0 fully saturated rings. The quantitative estimate of drug-likeness (QED) is 0.686. The molecule has 0 N–H and O–H groups in total. The van der Waals surface area contributed by atoms with Gasteiger partial charge in [-0.1, -0.05) is 29.8 Å². The largest absolute Gasteiger partial charge is 0.406 e. The van der Waals surface area contributed by atoms with Crippen LogP contribution in [-0.4, -0.2) is 17.1 Å². The smallest absolute Gasteiger partial charge is 0.202 e. The van der Waals surface area contributed by atoms with Gasteiger partial charge >= 0.3 is 0 Å². The molecule has 0 aliphatic carbocycles. The fraction of sp³-hybridized carbons (Fsp3) is 0.0625. The highest BCUT2D eigenvalue weighted by molar-refractivity contribution is 6.30. The Labute approximate surface area is 121 Å². The summed E-state index contributed by atoms with van der Waals surface area (Å²) in [6.45, 7) is -0.0136. The van der Waals surface area contributed by atoms with E-state index >= 15 is 0 Å². The minimum Gasteiger partial charge on any atom is -0.406 e. The molecule has 0 unspecified atom stereocenters. The molecular formula is C16H12ClNO2. The highest BCUT2D eigenvalue weighted by Crippen LogP contribution is 2.14. The molecule has 0 aliphatic rings. The van der Waals surface area contributed by atoms with Crippen LogP contribution in [0, 0.1) is 0 Å². The number of benzene rings is 2. The van der Waals surface area contributed by atoms with E-state index in [1.54, 1.807) is 35.2 Å². The average Bonchev–Trinajstić information content (AvgIpc) is 2.89. The molecule has 1 heterocycles. The molecule has 0 amide bonds. The van der Waals surface area contributed by atoms with Crippen molar-refractivity contribution in [3.63, 3.8) is 0 Å². The maximum atomic E-state index is 12.0. The van der Waals surface area contributed by atoms with Gasteiger partial charge in [-0.25, -0.2) is 0 Å². The molecule has 3 aromatic rings. The van der Waals surface area contributed by atoms with Crippen molar-refractivity contribution in [2.24, 2.45) is 0 Å². The monoisotopic (exact) mass is 285 g/mol. The van der Waals surface area contributed by atoms with Crippen molar-refractivity contribution in [1.29, 1.82) is 0 Å². The highest BCUT2D eigenvalue weighted by Gasteiger charge is 2.08. The first kappa shape index (κ1) is 12.8. The minimum atomic E-state index is -0.0838. The lowest BCUT2D eigenvalue weighted by Crippen LogP contribution is -2.19. The van der Waals surface area contributed by atoms with Crippen LogP contribution in [0.4, 0.5) is 0 Å². The molecule has 100 valence electrons. The highest BCUT2D eigenvalue weighted by atomic mass is 35.5. The lowest BCUT2D eigenvalue weighted by molar-refractivity contribution is 0.0734. The van der Waals surface area contributed by atoms with Crippen LogP contribution in [0.5, 0.6) is 0 Å². The molecule has 0 bridgehead atoms. The van der Waals surface area contributed by atoms with Gasteiger partial charge in [0.2, 0.25) is 5.78 Å². The van der Waals surface area contributed by atoms with Gasteiger partial charge in [-0.05, 0) is 36.4 Å². The summed E-state index contributed by atoms with van der Waals surface area (Å²) in [5.74, 6) is -0.0838. The maximum Gasteiger partial charge on any atom is 0.202 e. The van der Waals surface area contributed by atoms with Crippen molar-refractivity contribution in [1.82, 2.24) is 4.73 Å². The standard InChI is InChI=1S/C16H12ClNO2/c17-14-7-5-13(6-8-14)16(19)11-20-18-10-9-12-3-1-2-4-15(12)18/h1-10H,11H2. The molecule has 0 aliphatic heterocycles. The number of carbonyl (C=O) groups excluding carboxylic acids is 1. The van der Waals surface area contributed by atoms with E-state index in [1.165, 1.54) is 0 Å². The van der Waals surface area contributed by atoms with Gasteiger partial charge < -0.3 is 4.84 Å². The molecule has 0 atom stereocenters. The summed E-state index contributed by atoms with van der Waals surface area (Å²) >= 11 is 5.79. The number of carbonyl (C=O) groups is 1. The number of hydrogen-bond donors (Lipinski definition) is 0. The average molecular weight is 286 g/mol. The Morgan fingerprint density at radius 1 is 1.05 bits per heavy atom. The van der Waals surface area contributed by atoms with Crippen molar-refractivity contribution in [3.8, 4) is 0 Å². The molecule has 0 saturated heterocycles. The number of ketones is 1. The number of nitrogens with zero attached hydrogens (tertiary/aromatic N) is 1. The Bertz CT molecular complexity index is 747. The fourth-order valence-electron chi connectivity index (χ4n) is 2.02. The normalized spacial score (nSPS) is 10.7. The van der Waals surface area contributed by atoms with Crippen molar-refractivity contribution >= 4 is 28.3 Å². The second kappa shape index (κ2) is 5.39. The Balaban J connectivity index is 1.73.